The third-order valence-corrected chi connectivity index (χ3v) is 7.94. The van der Waals surface area contributed by atoms with Gasteiger partial charge in [-0.3, -0.25) is 4.79 Å². The van der Waals surface area contributed by atoms with E-state index in [0.717, 1.165) is 24.8 Å². The summed E-state index contributed by atoms with van der Waals surface area (Å²) in [5, 5.41) is 0. The fraction of sp³-hybridized carbons (Fsp3) is 0.733. The van der Waals surface area contributed by atoms with Gasteiger partial charge >= 0.3 is 12.1 Å². The highest BCUT2D eigenvalue weighted by Gasteiger charge is 2.45. The number of methoxy groups -OCH3 is 3. The van der Waals surface area contributed by atoms with Crippen molar-refractivity contribution in [2.75, 3.05) is 48.6 Å². The molecule has 39 heavy (non-hydrogen) atoms. The molecule has 9 nitrogen and oxygen atoms in total. The van der Waals surface area contributed by atoms with Gasteiger partial charge in [-0.25, -0.2) is 9.39 Å². The van der Waals surface area contributed by atoms with Gasteiger partial charge in [-0.2, -0.15) is 5.43 Å². The van der Waals surface area contributed by atoms with Crippen LogP contribution in [0.1, 0.15) is 65.5 Å². The first-order chi connectivity index (χ1) is 18.4. The van der Waals surface area contributed by atoms with Gasteiger partial charge in [0.2, 0.25) is 0 Å². The average Bonchev–Trinajstić information content (AvgIpc) is 3.27. The molecule has 0 saturated carbocycles. The molecule has 1 heterocycles. The monoisotopic (exact) mass is 551 g/mol. The molecule has 222 valence electrons. The summed E-state index contributed by atoms with van der Waals surface area (Å²) in [6, 6.07) is 5.81. The van der Waals surface area contributed by atoms with Gasteiger partial charge in [-0.05, 0) is 48.8 Å². The molecule has 0 aromatic heterocycles. The quantitative estimate of drug-likeness (QED) is 0.135. The molecular formula is C30H51N2O7+. The fourth-order valence-electron chi connectivity index (χ4n) is 5.70. The highest BCUT2D eigenvalue weighted by atomic mass is 16.6. The summed E-state index contributed by atoms with van der Waals surface area (Å²) in [5.74, 6) is 1.94. The molecule has 1 fully saturated rings. The smallest absolute Gasteiger partial charge is 0.451 e. The summed E-state index contributed by atoms with van der Waals surface area (Å²) in [6.07, 6.45) is 1.68. The van der Waals surface area contributed by atoms with Crippen LogP contribution < -0.4 is 14.9 Å². The Morgan fingerprint density at radius 2 is 1.77 bits per heavy atom. The lowest BCUT2D eigenvalue weighted by Gasteiger charge is -2.43. The Hall–Kier alpha value is -2.52. The predicted molar refractivity (Wildman–Crippen MR) is 150 cm³/mol. The van der Waals surface area contributed by atoms with Crippen molar-refractivity contribution in [1.29, 1.82) is 0 Å². The number of nitrogens with zero attached hydrogens (tertiary/aromatic N) is 1. The lowest BCUT2D eigenvalue weighted by molar-refractivity contribution is -0.959. The molecule has 1 aliphatic rings. The highest BCUT2D eigenvalue weighted by molar-refractivity contribution is 5.74. The topological polar surface area (TPSA) is 92.3 Å². The minimum absolute atomic E-state index is 0.0571. The van der Waals surface area contributed by atoms with Gasteiger partial charge in [-0.15, -0.1) is 0 Å². The van der Waals surface area contributed by atoms with E-state index < -0.39 is 6.09 Å². The number of cyclic esters (lactones) is 1. The van der Waals surface area contributed by atoms with Crippen LogP contribution in [0.4, 0.5) is 4.79 Å². The lowest BCUT2D eigenvalue weighted by atomic mass is 9.76. The summed E-state index contributed by atoms with van der Waals surface area (Å²) >= 11 is 0. The van der Waals surface area contributed by atoms with Crippen LogP contribution in [0.3, 0.4) is 0 Å². The van der Waals surface area contributed by atoms with E-state index >= 15 is 0 Å². The molecule has 0 spiro atoms. The van der Waals surface area contributed by atoms with Crippen LogP contribution in [0.5, 0.6) is 11.5 Å². The van der Waals surface area contributed by atoms with Gasteiger partial charge in [0.15, 0.2) is 11.5 Å². The first-order valence-electron chi connectivity index (χ1n) is 14.1. The molecule has 2 rings (SSSR count). The number of hydrogen-bond donors (Lipinski definition) is 1. The molecule has 0 bridgehead atoms. The molecule has 1 amide bonds. The van der Waals surface area contributed by atoms with Crippen LogP contribution in [0.25, 0.3) is 0 Å². The zero-order chi connectivity index (χ0) is 29.3. The van der Waals surface area contributed by atoms with Crippen molar-refractivity contribution in [2.45, 2.75) is 66.0 Å². The molecule has 1 aliphatic heterocycles. The first kappa shape index (κ1) is 32.7. The summed E-state index contributed by atoms with van der Waals surface area (Å²) < 4.78 is 27.8. The third kappa shape index (κ3) is 8.73. The number of carbonyl (C=O) groups excluding carboxylic acids is 2. The summed E-state index contributed by atoms with van der Waals surface area (Å²) in [4.78, 5) is 25.0. The van der Waals surface area contributed by atoms with E-state index in [1.54, 1.807) is 14.2 Å². The second-order valence-electron chi connectivity index (χ2n) is 11.9. The van der Waals surface area contributed by atoms with Crippen molar-refractivity contribution in [3.8, 4) is 11.5 Å². The Morgan fingerprint density at radius 1 is 1.08 bits per heavy atom. The molecule has 0 aliphatic carbocycles. The lowest BCUT2D eigenvalue weighted by Crippen LogP contribution is -2.58. The Kier molecular flexibility index (Phi) is 12.4. The van der Waals surface area contributed by atoms with Gasteiger partial charge in [0, 0.05) is 31.6 Å². The zero-order valence-electron chi connectivity index (χ0n) is 25.6. The second kappa shape index (κ2) is 14.7. The maximum absolute atomic E-state index is 12.5. The number of ether oxygens (including phenoxy) is 5. The standard InChI is InChI=1S/C30H50N2O7/c1-19(2)23(16-21(5)26-18-24(20(3)4)29(33)39-26)28(32(6,7)31-30(34)37-10)22-12-13-25(36-9)27(17-22)38-15-11-14-35-8/h12-13,17,19-21,23-24,26,28H,11,14-16,18H2,1-10H3/p+1/t21?,23?,24-,26?,28?/m0/s1. The molecule has 1 N–H and O–H groups in total. The van der Waals surface area contributed by atoms with Crippen molar-refractivity contribution >= 4 is 12.1 Å². The van der Waals surface area contributed by atoms with Crippen LogP contribution in [-0.4, -0.2) is 71.4 Å². The molecule has 4 unspecified atom stereocenters. The number of quaternary nitrogens is 1. The van der Waals surface area contributed by atoms with E-state index in [-0.39, 0.29) is 52.3 Å². The average molecular weight is 552 g/mol. The van der Waals surface area contributed by atoms with E-state index in [9.17, 15) is 9.59 Å². The van der Waals surface area contributed by atoms with Crippen molar-refractivity contribution in [3.05, 3.63) is 23.8 Å². The van der Waals surface area contributed by atoms with E-state index in [4.69, 9.17) is 23.7 Å². The van der Waals surface area contributed by atoms with E-state index in [0.29, 0.717) is 24.7 Å². The van der Waals surface area contributed by atoms with Gasteiger partial charge in [-0.1, -0.05) is 34.6 Å². The number of benzene rings is 1. The van der Waals surface area contributed by atoms with Crippen molar-refractivity contribution in [2.24, 2.45) is 29.6 Å². The highest BCUT2D eigenvalue weighted by Crippen LogP contribution is 2.44. The number of esters is 1. The fourth-order valence-corrected chi connectivity index (χ4v) is 5.70. The van der Waals surface area contributed by atoms with Gasteiger partial charge in [0.25, 0.3) is 0 Å². The minimum Gasteiger partial charge on any atom is -0.493 e. The van der Waals surface area contributed by atoms with Gasteiger partial charge < -0.3 is 23.7 Å². The number of nitrogens with one attached hydrogen (secondary N) is 1. The largest absolute Gasteiger partial charge is 0.493 e. The predicted octanol–water partition coefficient (Wildman–Crippen LogP) is 5.39. The SMILES string of the molecule is COCCCOc1cc(C(C(CC(C)C2C[C@@H](C(C)C)C(=O)O2)C(C)C)[N+](C)(C)NC(=O)OC)ccc1OC. The Morgan fingerprint density at radius 3 is 2.31 bits per heavy atom. The normalized spacial score (nSPS) is 19.9. The van der Waals surface area contributed by atoms with Crippen LogP contribution in [-0.2, 0) is 19.0 Å². The number of amides is 1. The van der Waals surface area contributed by atoms with Gasteiger partial charge in [0.1, 0.15) is 12.1 Å². The summed E-state index contributed by atoms with van der Waals surface area (Å²) in [5.41, 5.74) is 4.03. The molecular weight excluding hydrogens is 500 g/mol. The van der Waals surface area contributed by atoms with Crippen molar-refractivity contribution in [3.63, 3.8) is 0 Å². The first-order valence-corrected chi connectivity index (χ1v) is 14.1. The second-order valence-corrected chi connectivity index (χ2v) is 11.9. The molecule has 0 radical (unpaired) electrons. The minimum atomic E-state index is -0.505. The number of rotatable bonds is 15. The Bertz CT molecular complexity index is 934. The molecule has 9 heteroatoms. The molecule has 1 aromatic carbocycles. The van der Waals surface area contributed by atoms with Gasteiger partial charge in [0.05, 0.1) is 40.8 Å². The Balaban J connectivity index is 2.47. The third-order valence-electron chi connectivity index (χ3n) is 7.94. The number of hydrogen-bond acceptors (Lipinski definition) is 7. The summed E-state index contributed by atoms with van der Waals surface area (Å²) in [7, 11) is 8.60. The van der Waals surface area contributed by atoms with Crippen molar-refractivity contribution < 1.29 is 37.9 Å². The summed E-state index contributed by atoms with van der Waals surface area (Å²) in [6.45, 7) is 11.8. The van der Waals surface area contributed by atoms with Crippen molar-refractivity contribution in [1.82, 2.24) is 5.43 Å². The van der Waals surface area contributed by atoms with Crippen LogP contribution in [0, 0.1) is 29.6 Å². The Labute approximate surface area is 235 Å². The maximum Gasteiger partial charge on any atom is 0.451 e. The van der Waals surface area contributed by atoms with E-state index in [1.165, 1.54) is 7.11 Å². The molecule has 5 atom stereocenters. The van der Waals surface area contributed by atoms with E-state index in [1.807, 2.05) is 32.3 Å². The van der Waals surface area contributed by atoms with Crippen LogP contribution in [0.2, 0.25) is 0 Å². The van der Waals surface area contributed by atoms with Crippen LogP contribution in [0.15, 0.2) is 18.2 Å². The zero-order valence-corrected chi connectivity index (χ0v) is 25.6. The van der Waals surface area contributed by atoms with E-state index in [2.05, 4.69) is 40.0 Å². The van der Waals surface area contributed by atoms with Crippen LogP contribution >= 0.6 is 0 Å². The number of carbonyl (C=O) groups is 2. The molecule has 1 saturated heterocycles. The maximum atomic E-state index is 12.5. The molecule has 1 aromatic rings.